The summed E-state index contributed by atoms with van der Waals surface area (Å²) in [5, 5.41) is 0. The molecule has 1 fully saturated rings. The first kappa shape index (κ1) is 19.8. The number of thiocarbonyl (C=S) groups is 1. The second kappa shape index (κ2) is 9.22. The Kier molecular flexibility index (Phi) is 7.28. The first-order valence-corrected chi connectivity index (χ1v) is 9.59. The van der Waals surface area contributed by atoms with Gasteiger partial charge in [-0.15, -0.1) is 6.58 Å². The molecule has 0 aliphatic carbocycles. The molecule has 1 aromatic rings. The Morgan fingerprint density at radius 1 is 1.32 bits per heavy atom. The van der Waals surface area contributed by atoms with Crippen molar-refractivity contribution in [3.8, 4) is 11.5 Å². The molecule has 0 bridgehead atoms. The van der Waals surface area contributed by atoms with E-state index in [-0.39, 0.29) is 5.91 Å². The van der Waals surface area contributed by atoms with Crippen LogP contribution in [0.1, 0.15) is 12.5 Å². The number of carbonyl (C=O) groups is 1. The molecule has 0 unspecified atom stereocenters. The Morgan fingerprint density at radius 2 is 2.08 bits per heavy atom. The van der Waals surface area contributed by atoms with Crippen LogP contribution in [-0.4, -0.2) is 34.9 Å². The van der Waals surface area contributed by atoms with E-state index >= 15 is 0 Å². The molecule has 0 aromatic heterocycles. The summed E-state index contributed by atoms with van der Waals surface area (Å²) in [4.78, 5) is 14.5. The summed E-state index contributed by atoms with van der Waals surface area (Å²) in [6.07, 6.45) is 5.12. The molecule has 132 valence electrons. The van der Waals surface area contributed by atoms with Gasteiger partial charge in [-0.1, -0.05) is 42.7 Å². The van der Waals surface area contributed by atoms with Crippen LogP contribution in [0.2, 0.25) is 0 Å². The highest BCUT2D eigenvalue weighted by Crippen LogP contribution is 2.39. The molecule has 0 radical (unpaired) electrons. The molecule has 1 aliphatic heterocycles. The SMILES string of the molecule is C=CCOc1c(Br)cc(/C=C2\SC(=S)N(CC=C)C2=O)cc1OCC. The third kappa shape index (κ3) is 4.74. The van der Waals surface area contributed by atoms with Crippen molar-refractivity contribution in [3.63, 3.8) is 0 Å². The van der Waals surface area contributed by atoms with Crippen LogP contribution >= 0.6 is 39.9 Å². The van der Waals surface area contributed by atoms with E-state index in [1.54, 1.807) is 18.2 Å². The van der Waals surface area contributed by atoms with Crippen molar-refractivity contribution in [3.05, 3.63) is 52.4 Å². The number of carbonyl (C=O) groups excluding carboxylic acids is 1. The highest BCUT2D eigenvalue weighted by molar-refractivity contribution is 9.10. The number of nitrogens with zero attached hydrogens (tertiary/aromatic N) is 1. The molecule has 0 atom stereocenters. The van der Waals surface area contributed by atoms with Crippen LogP contribution in [0, 0.1) is 0 Å². The summed E-state index contributed by atoms with van der Waals surface area (Å²) in [5.74, 6) is 1.10. The van der Waals surface area contributed by atoms with Gasteiger partial charge in [0.15, 0.2) is 11.5 Å². The normalized spacial score (nSPS) is 15.6. The molecule has 4 nitrogen and oxygen atoms in total. The number of ether oxygens (including phenoxy) is 2. The van der Waals surface area contributed by atoms with E-state index in [1.165, 1.54) is 16.7 Å². The van der Waals surface area contributed by atoms with Gasteiger partial charge in [0.2, 0.25) is 0 Å². The van der Waals surface area contributed by atoms with E-state index in [0.29, 0.717) is 40.5 Å². The van der Waals surface area contributed by atoms with Crippen LogP contribution in [0.4, 0.5) is 0 Å². The van der Waals surface area contributed by atoms with Crippen molar-refractivity contribution < 1.29 is 14.3 Å². The summed E-state index contributed by atoms with van der Waals surface area (Å²) in [6.45, 7) is 10.5. The zero-order valence-corrected chi connectivity index (χ0v) is 17.0. The van der Waals surface area contributed by atoms with Gasteiger partial charge in [0, 0.05) is 6.54 Å². The summed E-state index contributed by atoms with van der Waals surface area (Å²) in [7, 11) is 0. The molecule has 0 spiro atoms. The summed E-state index contributed by atoms with van der Waals surface area (Å²) >= 11 is 10.0. The van der Waals surface area contributed by atoms with E-state index < -0.39 is 0 Å². The van der Waals surface area contributed by atoms with Gasteiger partial charge in [0.1, 0.15) is 10.9 Å². The molecule has 0 N–H and O–H groups in total. The highest BCUT2D eigenvalue weighted by Gasteiger charge is 2.31. The smallest absolute Gasteiger partial charge is 0.266 e. The topological polar surface area (TPSA) is 38.8 Å². The van der Waals surface area contributed by atoms with Crippen LogP contribution in [0.3, 0.4) is 0 Å². The second-order valence-corrected chi connectivity index (χ2v) is 7.47. The molecule has 25 heavy (non-hydrogen) atoms. The van der Waals surface area contributed by atoms with Gasteiger partial charge in [-0.25, -0.2) is 0 Å². The van der Waals surface area contributed by atoms with E-state index in [0.717, 1.165) is 10.0 Å². The number of rotatable bonds is 8. The van der Waals surface area contributed by atoms with Crippen molar-refractivity contribution in [1.29, 1.82) is 0 Å². The lowest BCUT2D eigenvalue weighted by Gasteiger charge is -2.14. The van der Waals surface area contributed by atoms with Gasteiger partial charge < -0.3 is 9.47 Å². The van der Waals surface area contributed by atoms with Crippen LogP contribution in [0.25, 0.3) is 6.08 Å². The summed E-state index contributed by atoms with van der Waals surface area (Å²) in [6, 6.07) is 3.72. The number of halogens is 1. The first-order chi connectivity index (χ1) is 12.0. The molecule has 1 saturated heterocycles. The fraction of sp³-hybridized carbons (Fsp3) is 0.222. The van der Waals surface area contributed by atoms with Gasteiger partial charge in [0.05, 0.1) is 16.0 Å². The summed E-state index contributed by atoms with van der Waals surface area (Å²) < 4.78 is 12.6. The lowest BCUT2D eigenvalue weighted by atomic mass is 10.2. The predicted molar refractivity (Wildman–Crippen MR) is 111 cm³/mol. The van der Waals surface area contributed by atoms with Crippen LogP contribution in [-0.2, 0) is 4.79 Å². The molecule has 1 aliphatic rings. The third-order valence-electron chi connectivity index (χ3n) is 3.16. The number of hydrogen-bond acceptors (Lipinski definition) is 5. The molecule has 0 saturated carbocycles. The molecule has 1 amide bonds. The standard InChI is InChI=1S/C18H18BrNO3S2/c1-4-7-20-17(21)15(25-18(20)24)11-12-9-13(19)16(23-8-5-2)14(10-12)22-6-3/h4-5,9-11H,1-2,6-8H2,3H3/b15-11-. The zero-order valence-electron chi connectivity index (χ0n) is 13.8. The third-order valence-corrected chi connectivity index (χ3v) is 5.13. The Bertz CT molecular complexity index is 746. The molecule has 1 aromatic carbocycles. The number of amides is 1. The largest absolute Gasteiger partial charge is 0.490 e. The molecule has 2 rings (SSSR count). The quantitative estimate of drug-likeness (QED) is 0.330. The van der Waals surface area contributed by atoms with Gasteiger partial charge in [-0.2, -0.15) is 0 Å². The maximum absolute atomic E-state index is 12.4. The molecule has 1 heterocycles. The van der Waals surface area contributed by atoms with Crippen molar-refractivity contribution in [2.75, 3.05) is 19.8 Å². The fourth-order valence-electron chi connectivity index (χ4n) is 2.15. The van der Waals surface area contributed by atoms with Crippen LogP contribution in [0.5, 0.6) is 11.5 Å². The Balaban J connectivity index is 2.36. The van der Waals surface area contributed by atoms with Crippen molar-refractivity contribution >= 4 is 56.2 Å². The maximum Gasteiger partial charge on any atom is 0.266 e. The Morgan fingerprint density at radius 3 is 2.72 bits per heavy atom. The maximum atomic E-state index is 12.4. The summed E-state index contributed by atoms with van der Waals surface area (Å²) in [5.41, 5.74) is 0.820. The van der Waals surface area contributed by atoms with E-state index in [9.17, 15) is 4.79 Å². The van der Waals surface area contributed by atoms with E-state index in [4.69, 9.17) is 21.7 Å². The predicted octanol–water partition coefficient (Wildman–Crippen LogP) is 4.80. The van der Waals surface area contributed by atoms with Crippen molar-refractivity contribution in [2.24, 2.45) is 0 Å². The minimum atomic E-state index is -0.115. The molecule has 7 heteroatoms. The molecular formula is C18H18BrNO3S2. The minimum Gasteiger partial charge on any atom is -0.490 e. The zero-order chi connectivity index (χ0) is 18.4. The Labute approximate surface area is 165 Å². The lowest BCUT2D eigenvalue weighted by Crippen LogP contribution is -2.27. The fourth-order valence-corrected chi connectivity index (χ4v) is 4.00. The van der Waals surface area contributed by atoms with Gasteiger partial charge in [0.25, 0.3) is 5.91 Å². The second-order valence-electron chi connectivity index (χ2n) is 4.94. The van der Waals surface area contributed by atoms with Gasteiger partial charge in [-0.05, 0) is 46.6 Å². The van der Waals surface area contributed by atoms with Crippen LogP contribution < -0.4 is 9.47 Å². The minimum absolute atomic E-state index is 0.115. The lowest BCUT2D eigenvalue weighted by molar-refractivity contribution is -0.121. The number of benzene rings is 1. The average molecular weight is 440 g/mol. The van der Waals surface area contributed by atoms with Crippen molar-refractivity contribution in [2.45, 2.75) is 6.92 Å². The highest BCUT2D eigenvalue weighted by atomic mass is 79.9. The first-order valence-electron chi connectivity index (χ1n) is 7.58. The monoisotopic (exact) mass is 439 g/mol. The van der Waals surface area contributed by atoms with E-state index in [2.05, 4.69) is 29.1 Å². The average Bonchev–Trinajstić information content (AvgIpc) is 2.82. The Hall–Kier alpha value is -1.57. The van der Waals surface area contributed by atoms with Crippen molar-refractivity contribution in [1.82, 2.24) is 4.90 Å². The van der Waals surface area contributed by atoms with E-state index in [1.807, 2.05) is 19.1 Å². The number of hydrogen-bond donors (Lipinski definition) is 0. The van der Waals surface area contributed by atoms with Gasteiger partial charge in [-0.3, -0.25) is 9.69 Å². The molecular weight excluding hydrogens is 422 g/mol. The number of thioether (sulfide) groups is 1. The van der Waals surface area contributed by atoms with Crippen LogP contribution in [0.15, 0.2) is 46.8 Å². The van der Waals surface area contributed by atoms with Gasteiger partial charge >= 0.3 is 0 Å².